The van der Waals surface area contributed by atoms with Crippen LogP contribution in [0.3, 0.4) is 0 Å². The summed E-state index contributed by atoms with van der Waals surface area (Å²) in [5.74, 6) is 0.0303. The second kappa shape index (κ2) is 9.73. The van der Waals surface area contributed by atoms with Gasteiger partial charge in [0.15, 0.2) is 5.65 Å². The molecule has 1 aliphatic rings. The van der Waals surface area contributed by atoms with E-state index in [0.717, 1.165) is 10.9 Å². The Balaban J connectivity index is 1.60. The number of morpholine rings is 1. The van der Waals surface area contributed by atoms with Crippen molar-refractivity contribution in [3.05, 3.63) is 47.3 Å². The number of nitrogens with zero attached hydrogens (tertiary/aromatic N) is 4. The van der Waals surface area contributed by atoms with Gasteiger partial charge in [0.2, 0.25) is 0 Å². The average molecular weight is 491 g/mol. The number of ether oxygens (including phenoxy) is 1. The molecular weight excluding hydrogens is 466 g/mol. The SMILES string of the molecule is CCc1ncc2cc(-c3cc(NC(=O)N4CCO[C@H](CC(F)(F)F)C4)c(F)cc3C)c(C)nc2n1. The molecule has 0 aliphatic carbocycles. The summed E-state index contributed by atoms with van der Waals surface area (Å²) >= 11 is 0. The number of hydrogen-bond acceptors (Lipinski definition) is 5. The molecule has 186 valence electrons. The van der Waals surface area contributed by atoms with E-state index in [4.69, 9.17) is 4.74 Å². The first-order chi connectivity index (χ1) is 16.5. The molecule has 1 fully saturated rings. The third-order valence-electron chi connectivity index (χ3n) is 5.86. The first kappa shape index (κ1) is 24.8. The van der Waals surface area contributed by atoms with Gasteiger partial charge >= 0.3 is 12.2 Å². The Kier molecular flexibility index (Phi) is 6.88. The molecule has 7 nitrogen and oxygen atoms in total. The van der Waals surface area contributed by atoms with E-state index >= 15 is 0 Å². The number of anilines is 1. The second-order valence-electron chi connectivity index (χ2n) is 8.51. The fraction of sp³-hybridized carbons (Fsp3) is 0.417. The van der Waals surface area contributed by atoms with Crippen LogP contribution in [-0.2, 0) is 11.2 Å². The van der Waals surface area contributed by atoms with Gasteiger partial charge in [-0.3, -0.25) is 0 Å². The highest BCUT2D eigenvalue weighted by Gasteiger charge is 2.36. The zero-order chi connectivity index (χ0) is 25.3. The molecule has 2 aromatic heterocycles. The van der Waals surface area contributed by atoms with Crippen LogP contribution in [0.4, 0.5) is 28.0 Å². The molecule has 3 heterocycles. The molecule has 35 heavy (non-hydrogen) atoms. The third kappa shape index (κ3) is 5.67. The number of alkyl halides is 3. The third-order valence-corrected chi connectivity index (χ3v) is 5.86. The summed E-state index contributed by atoms with van der Waals surface area (Å²) in [5, 5.41) is 3.23. The Morgan fingerprint density at radius 1 is 1.20 bits per heavy atom. The van der Waals surface area contributed by atoms with Crippen molar-refractivity contribution < 1.29 is 27.1 Å². The minimum absolute atomic E-state index is 0.0282. The second-order valence-corrected chi connectivity index (χ2v) is 8.51. The van der Waals surface area contributed by atoms with Crippen LogP contribution < -0.4 is 5.32 Å². The standard InChI is InChI=1S/C24H25F4N5O2/c1-4-21-29-11-15-8-18(14(3)30-22(15)32-21)17-9-20(19(25)7-13(17)2)31-23(34)33-5-6-35-16(12-33)10-24(26,27)28/h7-9,11,16H,4-6,10,12H2,1-3H3,(H,31,34)/t16-/m1/s1. The van der Waals surface area contributed by atoms with Crippen molar-refractivity contribution in [2.45, 2.75) is 45.9 Å². The lowest BCUT2D eigenvalue weighted by atomic mass is 9.97. The predicted molar refractivity (Wildman–Crippen MR) is 123 cm³/mol. The van der Waals surface area contributed by atoms with Crippen molar-refractivity contribution >= 4 is 22.8 Å². The van der Waals surface area contributed by atoms with Crippen molar-refractivity contribution in [2.24, 2.45) is 0 Å². The van der Waals surface area contributed by atoms with Crippen LogP contribution in [0.1, 0.15) is 30.4 Å². The number of fused-ring (bicyclic) bond motifs is 1. The van der Waals surface area contributed by atoms with E-state index in [1.807, 2.05) is 19.9 Å². The summed E-state index contributed by atoms with van der Waals surface area (Å²) in [6.45, 7) is 5.35. The highest BCUT2D eigenvalue weighted by Crippen LogP contribution is 2.32. The van der Waals surface area contributed by atoms with E-state index in [1.165, 1.54) is 17.0 Å². The van der Waals surface area contributed by atoms with Gasteiger partial charge in [0.25, 0.3) is 0 Å². The molecule has 3 aromatic rings. The lowest BCUT2D eigenvalue weighted by molar-refractivity contribution is -0.168. The number of halogens is 4. The molecule has 0 bridgehead atoms. The van der Waals surface area contributed by atoms with Crippen LogP contribution in [0, 0.1) is 19.7 Å². The molecule has 0 radical (unpaired) electrons. The van der Waals surface area contributed by atoms with Gasteiger partial charge in [-0.2, -0.15) is 13.2 Å². The first-order valence-corrected chi connectivity index (χ1v) is 11.2. The fourth-order valence-electron chi connectivity index (χ4n) is 4.07. The summed E-state index contributed by atoms with van der Waals surface area (Å²) < 4.78 is 58.1. The number of amides is 2. The Bertz CT molecular complexity index is 1260. The number of nitrogens with one attached hydrogen (secondary N) is 1. The number of carbonyl (C=O) groups is 1. The number of carbonyl (C=O) groups excluding carboxylic acids is 1. The maximum Gasteiger partial charge on any atom is 0.391 e. The molecule has 1 atom stereocenters. The van der Waals surface area contributed by atoms with Crippen LogP contribution in [0.25, 0.3) is 22.2 Å². The Morgan fingerprint density at radius 3 is 2.69 bits per heavy atom. The summed E-state index contributed by atoms with van der Waals surface area (Å²) in [5.41, 5.74) is 3.18. The van der Waals surface area contributed by atoms with Crippen LogP contribution in [0.15, 0.2) is 24.4 Å². The first-order valence-electron chi connectivity index (χ1n) is 11.2. The van der Waals surface area contributed by atoms with Crippen molar-refractivity contribution in [3.8, 4) is 11.1 Å². The molecule has 1 aromatic carbocycles. The van der Waals surface area contributed by atoms with E-state index in [-0.39, 0.29) is 25.4 Å². The maximum absolute atomic E-state index is 14.8. The Labute approximate surface area is 199 Å². The summed E-state index contributed by atoms with van der Waals surface area (Å²) in [7, 11) is 0. The minimum Gasteiger partial charge on any atom is -0.374 e. The lowest BCUT2D eigenvalue weighted by Gasteiger charge is -2.33. The number of rotatable bonds is 4. The summed E-state index contributed by atoms with van der Waals surface area (Å²) in [6, 6.07) is 3.99. The number of benzene rings is 1. The molecule has 0 unspecified atom stereocenters. The monoisotopic (exact) mass is 491 g/mol. The zero-order valence-corrected chi connectivity index (χ0v) is 19.5. The van der Waals surface area contributed by atoms with E-state index in [2.05, 4.69) is 20.3 Å². The highest BCUT2D eigenvalue weighted by molar-refractivity contribution is 5.91. The van der Waals surface area contributed by atoms with Crippen molar-refractivity contribution in [3.63, 3.8) is 0 Å². The number of aryl methyl sites for hydroxylation is 3. The van der Waals surface area contributed by atoms with Gasteiger partial charge in [0.05, 0.1) is 24.8 Å². The molecule has 2 amide bonds. The predicted octanol–water partition coefficient (Wildman–Crippen LogP) is 5.20. The molecular formula is C24H25F4N5O2. The van der Waals surface area contributed by atoms with Gasteiger partial charge in [0.1, 0.15) is 11.6 Å². The van der Waals surface area contributed by atoms with E-state index in [1.54, 1.807) is 13.1 Å². The molecule has 1 N–H and O–H groups in total. The largest absolute Gasteiger partial charge is 0.391 e. The smallest absolute Gasteiger partial charge is 0.374 e. The van der Waals surface area contributed by atoms with Gasteiger partial charge in [-0.15, -0.1) is 0 Å². The van der Waals surface area contributed by atoms with E-state index < -0.39 is 30.5 Å². The highest BCUT2D eigenvalue weighted by atomic mass is 19.4. The van der Waals surface area contributed by atoms with Crippen LogP contribution in [-0.4, -0.2) is 57.9 Å². The number of urea groups is 1. The molecule has 0 saturated carbocycles. The Morgan fingerprint density at radius 2 is 1.97 bits per heavy atom. The van der Waals surface area contributed by atoms with Crippen molar-refractivity contribution in [2.75, 3.05) is 25.0 Å². The average Bonchev–Trinajstić information content (AvgIpc) is 2.79. The van der Waals surface area contributed by atoms with Gasteiger partial charge in [-0.25, -0.2) is 24.1 Å². The molecule has 4 rings (SSSR count). The molecule has 1 saturated heterocycles. The lowest BCUT2D eigenvalue weighted by Crippen LogP contribution is -2.48. The van der Waals surface area contributed by atoms with Gasteiger partial charge in [-0.1, -0.05) is 6.92 Å². The van der Waals surface area contributed by atoms with Gasteiger partial charge in [-0.05, 0) is 43.2 Å². The topological polar surface area (TPSA) is 80.2 Å². The molecule has 11 heteroatoms. The zero-order valence-electron chi connectivity index (χ0n) is 19.5. The normalized spacial score (nSPS) is 16.5. The summed E-state index contributed by atoms with van der Waals surface area (Å²) in [6.07, 6.45) is -4.35. The number of aromatic nitrogens is 3. The molecule has 1 aliphatic heterocycles. The van der Waals surface area contributed by atoms with E-state index in [0.29, 0.717) is 34.7 Å². The maximum atomic E-state index is 14.8. The fourth-order valence-corrected chi connectivity index (χ4v) is 4.07. The van der Waals surface area contributed by atoms with Gasteiger partial charge < -0.3 is 15.0 Å². The van der Waals surface area contributed by atoms with Crippen molar-refractivity contribution in [1.82, 2.24) is 19.9 Å². The van der Waals surface area contributed by atoms with Crippen LogP contribution >= 0.6 is 0 Å². The summed E-state index contributed by atoms with van der Waals surface area (Å²) in [4.78, 5) is 27.3. The quantitative estimate of drug-likeness (QED) is 0.508. The molecule has 0 spiro atoms. The van der Waals surface area contributed by atoms with Crippen LogP contribution in [0.2, 0.25) is 0 Å². The van der Waals surface area contributed by atoms with Crippen molar-refractivity contribution in [1.29, 1.82) is 0 Å². The van der Waals surface area contributed by atoms with Gasteiger partial charge in [0, 0.05) is 42.4 Å². The van der Waals surface area contributed by atoms with E-state index in [9.17, 15) is 22.4 Å². The Hall–Kier alpha value is -3.34. The number of hydrogen-bond donors (Lipinski definition) is 1. The minimum atomic E-state index is -4.41. The number of pyridine rings is 1. The van der Waals surface area contributed by atoms with Crippen LogP contribution in [0.5, 0.6) is 0 Å².